The van der Waals surface area contributed by atoms with Gasteiger partial charge in [0.15, 0.2) is 34.9 Å². The van der Waals surface area contributed by atoms with E-state index in [1.54, 1.807) is 31.2 Å². The van der Waals surface area contributed by atoms with Crippen molar-refractivity contribution in [1.82, 2.24) is 16.0 Å². The highest BCUT2D eigenvalue weighted by Crippen LogP contribution is 2.72. The number of carbonyl (C=O) groups excluding carboxylic acids is 8. The molecule has 1 aliphatic heterocycles. The van der Waals surface area contributed by atoms with E-state index in [0.29, 0.717) is 54.7 Å². The average Bonchev–Trinajstić information content (AvgIpc) is 1.61. The van der Waals surface area contributed by atoms with E-state index >= 15 is 8.78 Å². The molecule has 7 aliphatic rings. The van der Waals surface area contributed by atoms with Crippen LogP contribution >= 0.6 is 0 Å². The molecule has 8 rings (SSSR count). The lowest BCUT2D eigenvalue weighted by molar-refractivity contribution is -0.235. The zero-order chi connectivity index (χ0) is 61.3. The maximum atomic E-state index is 17.9. The van der Waals surface area contributed by atoms with E-state index in [9.17, 15) is 43.5 Å². The number of benzene rings is 1. The van der Waals surface area contributed by atoms with E-state index < -0.39 is 113 Å². The highest BCUT2D eigenvalue weighted by molar-refractivity contribution is 6.01. The molecule has 1 aromatic rings. The highest BCUT2D eigenvalue weighted by atomic mass is 19.1. The minimum Gasteiger partial charge on any atom is -0.461 e. The van der Waals surface area contributed by atoms with Crippen LogP contribution in [0.5, 0.6) is 0 Å². The van der Waals surface area contributed by atoms with Crippen LogP contribution in [-0.4, -0.2) is 140 Å². The highest BCUT2D eigenvalue weighted by Gasteiger charge is 2.80. The lowest BCUT2D eigenvalue weighted by atomic mass is 9.44. The van der Waals surface area contributed by atoms with Gasteiger partial charge < -0.3 is 55.2 Å². The van der Waals surface area contributed by atoms with E-state index in [1.165, 1.54) is 19.1 Å². The normalized spacial score (nSPS) is 32.0. The number of hydrogen-bond donors (Lipinski definition) is 5. The molecule has 2 unspecified atom stereocenters. The molecule has 0 aromatic heterocycles. The molecule has 19 nitrogen and oxygen atoms in total. The Morgan fingerprint density at radius 3 is 2.31 bits per heavy atom. The Hall–Kier alpha value is -5.92. The Morgan fingerprint density at radius 1 is 0.906 bits per heavy atom. The number of Topliss-reactive ketones (excluding diaryl/α,β-unsaturated/α-hetero) is 3. The zero-order valence-corrected chi connectivity index (χ0v) is 49.7. The number of alkyl carbamates (subject to hydrolysis) is 1. The van der Waals surface area contributed by atoms with Crippen LogP contribution in [0.15, 0.2) is 48.1 Å². The standard InChI is InChI=1S/C64H86F2N4O15/c1-6-12-57-84-55-33-47-48-32-50(65)49-31-41(71)20-23-61(49,4)63(48,66)53(74)34-62(47,5)64(55,85-57)54(75)37-81-27-22-56(76)82-35-40-18-16-39(17-19-40)29-52(73)51(15-11-24-68-59(67)78)70-58(77)45(38(2)3)30-42(72)21-26-80-28-25-69-60(79)83-36-46-43-13-9-7-8-10-14-44(43)46/h16-20,23,31,38,43-48,50-51,53,55,57,74H,6,9-15,21-22,24-30,32-37H2,1-5H3,(H,69,79)(H,70,77)(H3,67,68,78)/t43-,44+,45-,46?,47-,48-,50-,51-,53-,55+,57?,61-,62-,63-,64+/m0/s1. The topological polar surface area (TPSA) is 274 Å². The Morgan fingerprint density at radius 2 is 1.61 bits per heavy atom. The van der Waals surface area contributed by atoms with E-state index in [-0.39, 0.29) is 114 Å². The van der Waals surface area contributed by atoms with Crippen LogP contribution in [0.1, 0.15) is 136 Å². The predicted molar refractivity (Wildman–Crippen MR) is 305 cm³/mol. The third kappa shape index (κ3) is 14.4. The number of ketones is 4. The number of esters is 1. The van der Waals surface area contributed by atoms with Gasteiger partial charge >= 0.3 is 18.1 Å². The number of hydrogen-bond acceptors (Lipinski definition) is 15. The second-order valence-corrected chi connectivity index (χ2v) is 25.0. The number of urea groups is 1. The van der Waals surface area contributed by atoms with Crippen molar-refractivity contribution in [3.63, 3.8) is 0 Å². The number of ether oxygens (including phenoxy) is 6. The molecule has 5 fully saturated rings. The van der Waals surface area contributed by atoms with Gasteiger partial charge in [-0.3, -0.25) is 28.8 Å². The van der Waals surface area contributed by atoms with Crippen LogP contribution in [0.2, 0.25) is 0 Å². The summed E-state index contributed by atoms with van der Waals surface area (Å²) < 4.78 is 69.3. The summed E-state index contributed by atoms with van der Waals surface area (Å²) in [7, 11) is 0. The number of aliphatic hydroxyl groups excluding tert-OH is 1. The van der Waals surface area contributed by atoms with E-state index in [4.69, 9.17) is 34.2 Å². The summed E-state index contributed by atoms with van der Waals surface area (Å²) in [6.07, 6.45) is 3.25. The van der Waals surface area contributed by atoms with Gasteiger partial charge in [-0.1, -0.05) is 64.5 Å². The average molecular weight is 1190 g/mol. The molecule has 1 heterocycles. The minimum absolute atomic E-state index is 0.00445. The Bertz CT molecular complexity index is 2750. The molecule has 6 N–H and O–H groups in total. The van der Waals surface area contributed by atoms with E-state index in [0.717, 1.165) is 31.8 Å². The van der Waals surface area contributed by atoms with Gasteiger partial charge in [0, 0.05) is 67.9 Å². The number of nitrogens with one attached hydrogen (secondary N) is 3. The number of allylic oxidation sites excluding steroid dienone is 4. The number of rotatable bonds is 30. The largest absolute Gasteiger partial charge is 0.461 e. The molecule has 1 aromatic carbocycles. The van der Waals surface area contributed by atoms with Gasteiger partial charge in [-0.2, -0.15) is 0 Å². The molecule has 21 heteroatoms. The first kappa shape index (κ1) is 65.1. The van der Waals surface area contributed by atoms with E-state index in [2.05, 4.69) is 27.8 Å². The number of fused-ring (bicyclic) bond motifs is 8. The number of primary amides is 1. The minimum atomic E-state index is -2.35. The fourth-order valence-electron chi connectivity index (χ4n) is 14.7. The first-order valence-electron chi connectivity index (χ1n) is 30.5. The van der Waals surface area contributed by atoms with Gasteiger partial charge in [-0.25, -0.2) is 18.4 Å². The van der Waals surface area contributed by atoms with Crippen molar-refractivity contribution in [2.45, 2.75) is 180 Å². The fraction of sp³-hybridized carbons (Fsp3) is 0.688. The Labute approximate surface area is 496 Å². The predicted octanol–water partition coefficient (Wildman–Crippen LogP) is 6.76. The lowest BCUT2D eigenvalue weighted by Crippen LogP contribution is -2.71. The quantitative estimate of drug-likeness (QED) is 0.0302. The Balaban J connectivity index is 0.770. The van der Waals surface area contributed by atoms with Crippen molar-refractivity contribution in [2.75, 3.05) is 46.1 Å². The maximum absolute atomic E-state index is 17.9. The van der Waals surface area contributed by atoms with Crippen LogP contribution in [0.4, 0.5) is 18.4 Å². The number of nitrogens with two attached hydrogens (primary N) is 1. The second-order valence-electron chi connectivity index (χ2n) is 25.0. The summed E-state index contributed by atoms with van der Waals surface area (Å²) in [6, 6.07) is 5.12. The molecule has 85 heavy (non-hydrogen) atoms. The molecular formula is C64H86F2N4O15. The fourth-order valence-corrected chi connectivity index (χ4v) is 14.7. The van der Waals surface area contributed by atoms with Crippen molar-refractivity contribution in [3.8, 4) is 11.8 Å². The van der Waals surface area contributed by atoms with Gasteiger partial charge in [-0.15, -0.1) is 11.8 Å². The Kier molecular flexibility index (Phi) is 21.6. The van der Waals surface area contributed by atoms with Gasteiger partial charge in [0.2, 0.25) is 5.91 Å². The molecule has 4 saturated carbocycles. The number of alkyl halides is 2. The summed E-state index contributed by atoms with van der Waals surface area (Å²) >= 11 is 0. The van der Waals surface area contributed by atoms with Crippen molar-refractivity contribution < 1.29 is 80.7 Å². The molecule has 466 valence electrons. The number of amides is 4. The molecule has 1 saturated heterocycles. The summed E-state index contributed by atoms with van der Waals surface area (Å²) in [4.78, 5) is 104. The summed E-state index contributed by atoms with van der Waals surface area (Å²) in [5.74, 6) is 2.70. The maximum Gasteiger partial charge on any atom is 0.407 e. The zero-order valence-electron chi connectivity index (χ0n) is 49.7. The first-order chi connectivity index (χ1) is 40.6. The molecule has 4 amide bonds. The van der Waals surface area contributed by atoms with Gasteiger partial charge in [0.25, 0.3) is 0 Å². The van der Waals surface area contributed by atoms with Crippen molar-refractivity contribution in [1.29, 1.82) is 0 Å². The number of halogens is 2. The van der Waals surface area contributed by atoms with Crippen molar-refractivity contribution >= 4 is 47.1 Å². The third-order valence-corrected chi connectivity index (χ3v) is 19.4. The third-order valence-electron chi connectivity index (χ3n) is 19.4. The first-order valence-corrected chi connectivity index (χ1v) is 30.5. The molecule has 0 radical (unpaired) electrons. The molecular weight excluding hydrogens is 1100 g/mol. The number of carbonyl (C=O) groups is 8. The summed E-state index contributed by atoms with van der Waals surface area (Å²) in [6.45, 7) is 9.12. The smallest absolute Gasteiger partial charge is 0.407 e. The van der Waals surface area contributed by atoms with Crippen LogP contribution in [0.25, 0.3) is 0 Å². The van der Waals surface area contributed by atoms with Crippen LogP contribution < -0.4 is 21.7 Å². The van der Waals surface area contributed by atoms with Crippen LogP contribution in [0.3, 0.4) is 0 Å². The molecule has 0 bridgehead atoms. The van der Waals surface area contributed by atoms with Gasteiger partial charge in [0.1, 0.15) is 25.2 Å². The molecule has 6 aliphatic carbocycles. The van der Waals surface area contributed by atoms with Gasteiger partial charge in [0.05, 0.1) is 51.1 Å². The van der Waals surface area contributed by atoms with Gasteiger partial charge in [-0.05, 0) is 117 Å². The summed E-state index contributed by atoms with van der Waals surface area (Å²) in [5.41, 5.74) is -0.306. The monoisotopic (exact) mass is 1190 g/mol. The molecule has 15 atom stereocenters. The SMILES string of the molecule is CCCC1O[C@@H]2C[C@H]3[C@@H]4C[C@H](F)C5=CC(=O)C=C[C@]5(C)[C@@]4(F)[C@@H](O)C[C@]3(C)[C@]2(C(=O)COCCC(=O)OCc2ccc(CC(=O)[C@H](CCCNC(N)=O)NC(=O)[C@@H](CC(=O)CCOCCNC(=O)OCC3[C@H]4CCC#CCC[C@@H]34)C(C)C)cc2)O1. The molecule has 0 spiro atoms. The van der Waals surface area contributed by atoms with Crippen molar-refractivity contribution in [2.24, 2.45) is 58.0 Å². The lowest BCUT2D eigenvalue weighted by Gasteiger charge is -2.63. The number of aliphatic hydroxyl groups is 1. The van der Waals surface area contributed by atoms with E-state index in [1.807, 2.05) is 20.8 Å². The second kappa shape index (κ2) is 28.3. The summed E-state index contributed by atoms with van der Waals surface area (Å²) in [5, 5.41) is 19.9. The van der Waals surface area contributed by atoms with Crippen molar-refractivity contribution in [3.05, 3.63) is 59.2 Å². The van der Waals surface area contributed by atoms with Crippen LogP contribution in [-0.2, 0) is 70.2 Å². The van der Waals surface area contributed by atoms with Crippen LogP contribution in [0, 0.1) is 64.1 Å².